The van der Waals surface area contributed by atoms with E-state index in [2.05, 4.69) is 18.0 Å². The van der Waals surface area contributed by atoms with Crippen molar-refractivity contribution in [1.29, 1.82) is 0 Å². The second kappa shape index (κ2) is 10.3. The number of piperidine rings is 1. The summed E-state index contributed by atoms with van der Waals surface area (Å²) in [6.07, 6.45) is 11.3. The molecule has 2 N–H and O–H groups in total. The molecule has 2 heterocycles. The first-order chi connectivity index (χ1) is 13.3. The zero-order valence-corrected chi connectivity index (χ0v) is 18.5. The quantitative estimate of drug-likeness (QED) is 0.720. The number of aromatic nitrogens is 1. The monoisotopic (exact) mass is 406 g/mol. The Morgan fingerprint density at radius 1 is 1.32 bits per heavy atom. The lowest BCUT2D eigenvalue weighted by Gasteiger charge is -2.36. The first-order valence-electron chi connectivity index (χ1n) is 10.6. The molecule has 1 amide bonds. The minimum absolute atomic E-state index is 0.0259. The molecule has 1 fully saturated rings. The number of carbonyl (C=O) groups excluding carboxylic acids is 1. The van der Waals surface area contributed by atoms with Crippen LogP contribution < -0.4 is 10.6 Å². The van der Waals surface area contributed by atoms with Gasteiger partial charge in [-0.15, -0.1) is 0 Å². The number of halogens is 1. The third kappa shape index (κ3) is 5.74. The predicted octanol–water partition coefficient (Wildman–Crippen LogP) is 3.92. The minimum atomic E-state index is -0.560. The van der Waals surface area contributed by atoms with Gasteiger partial charge in [0.2, 0.25) is 0 Å². The summed E-state index contributed by atoms with van der Waals surface area (Å²) in [7, 11) is 0. The van der Waals surface area contributed by atoms with Crippen LogP contribution in [-0.4, -0.2) is 39.6 Å². The highest BCUT2D eigenvalue weighted by molar-refractivity contribution is 6.44. The van der Waals surface area contributed by atoms with Crippen molar-refractivity contribution in [3.05, 3.63) is 34.5 Å². The molecule has 5 heteroatoms. The lowest BCUT2D eigenvalue weighted by molar-refractivity contribution is -0.00132. The zero-order chi connectivity index (χ0) is 20.7. The summed E-state index contributed by atoms with van der Waals surface area (Å²) >= 11 is 6.24. The molecule has 156 valence electrons. The van der Waals surface area contributed by atoms with Gasteiger partial charge in [-0.05, 0) is 63.5 Å². The summed E-state index contributed by atoms with van der Waals surface area (Å²) < 4.78 is 0. The van der Waals surface area contributed by atoms with Crippen LogP contribution in [0.15, 0.2) is 18.2 Å². The van der Waals surface area contributed by atoms with E-state index in [1.807, 2.05) is 43.9 Å². The molecule has 0 radical (unpaired) electrons. The van der Waals surface area contributed by atoms with Gasteiger partial charge in [0.15, 0.2) is 0 Å². The molecule has 0 saturated carbocycles. The number of nitrogens with zero attached hydrogens (tertiary/aromatic N) is 1. The topological polar surface area (TPSA) is 56.3 Å². The van der Waals surface area contributed by atoms with Crippen molar-refractivity contribution in [2.45, 2.75) is 71.8 Å². The molecule has 0 aliphatic carbocycles. The van der Waals surface area contributed by atoms with Crippen molar-refractivity contribution in [2.75, 3.05) is 13.1 Å². The van der Waals surface area contributed by atoms with E-state index in [4.69, 9.17) is 11.6 Å². The number of aromatic amines is 1. The maximum atomic E-state index is 13.0. The van der Waals surface area contributed by atoms with Crippen molar-refractivity contribution in [1.82, 2.24) is 9.88 Å². The highest BCUT2D eigenvalue weighted by Crippen LogP contribution is 2.30. The maximum Gasteiger partial charge on any atom is 0.270 e. The van der Waals surface area contributed by atoms with E-state index in [0.717, 1.165) is 62.2 Å². The fourth-order valence-electron chi connectivity index (χ4n) is 3.89. The highest BCUT2D eigenvalue weighted by Gasteiger charge is 2.30. The largest absolute Gasteiger partial charge is 0.390 e. The van der Waals surface area contributed by atoms with Crippen molar-refractivity contribution < 1.29 is 9.90 Å². The van der Waals surface area contributed by atoms with Gasteiger partial charge in [0, 0.05) is 28.7 Å². The van der Waals surface area contributed by atoms with Gasteiger partial charge in [-0.1, -0.05) is 44.5 Å². The Labute approximate surface area is 174 Å². The van der Waals surface area contributed by atoms with Gasteiger partial charge in [0.1, 0.15) is 5.69 Å². The van der Waals surface area contributed by atoms with E-state index in [0.29, 0.717) is 16.6 Å². The number of carbonyl (C=O) groups is 1. The molecule has 4 nitrogen and oxygen atoms in total. The van der Waals surface area contributed by atoms with E-state index in [9.17, 15) is 9.90 Å². The number of nitrogens with one attached hydrogen (secondary N) is 1. The molecule has 0 unspecified atom stereocenters. The highest BCUT2D eigenvalue weighted by atomic mass is 35.5. The van der Waals surface area contributed by atoms with Crippen LogP contribution in [0.3, 0.4) is 0 Å². The Bertz CT molecular complexity index is 793. The number of aliphatic hydroxyl groups is 1. The Kier molecular flexibility index (Phi) is 8.38. The lowest BCUT2D eigenvalue weighted by Crippen LogP contribution is -2.41. The van der Waals surface area contributed by atoms with Gasteiger partial charge in [-0.3, -0.25) is 4.79 Å². The van der Waals surface area contributed by atoms with Crippen molar-refractivity contribution in [2.24, 2.45) is 5.92 Å². The van der Waals surface area contributed by atoms with Crippen LogP contribution in [0.1, 0.15) is 76.7 Å². The third-order valence-corrected chi connectivity index (χ3v) is 6.17. The van der Waals surface area contributed by atoms with Gasteiger partial charge in [0.05, 0.1) is 5.60 Å². The fraction of sp³-hybridized carbons (Fsp3) is 0.609. The minimum Gasteiger partial charge on any atom is -0.390 e. The molecule has 0 spiro atoms. The van der Waals surface area contributed by atoms with Crippen molar-refractivity contribution in [3.63, 3.8) is 0 Å². The lowest BCUT2D eigenvalue weighted by atomic mass is 9.82. The van der Waals surface area contributed by atoms with Crippen LogP contribution in [0.25, 0.3) is 11.1 Å². The molecule has 0 bridgehead atoms. The summed E-state index contributed by atoms with van der Waals surface area (Å²) in [4.78, 5) is 18.1. The van der Waals surface area contributed by atoms with E-state index in [-0.39, 0.29) is 5.91 Å². The van der Waals surface area contributed by atoms with Crippen LogP contribution >= 0.6 is 11.6 Å². The standard InChI is InChI=1S/C23H35ClN2O2/c1-5-8-9-10-20-19(17(4)24)15-21(25-20)22(27)26-13-11-18(12-14-26)16-23(28,6-2)7-3/h8-10,15,18,25,28H,5-7,11-14,16H2,1-4H3/b9-8-,19-17+,20-10+. The van der Waals surface area contributed by atoms with E-state index in [1.54, 1.807) is 0 Å². The average molecular weight is 407 g/mol. The van der Waals surface area contributed by atoms with Crippen LogP contribution in [0.4, 0.5) is 0 Å². The van der Waals surface area contributed by atoms with E-state index < -0.39 is 5.60 Å². The SMILES string of the molecule is CC\C=C/C=c1/[nH]c(C(=O)N2CCC(CC(O)(CC)CC)CC2)c/c1=C(/C)Cl. The van der Waals surface area contributed by atoms with Gasteiger partial charge < -0.3 is 15.0 Å². The summed E-state index contributed by atoms with van der Waals surface area (Å²) in [6, 6.07) is 1.86. The smallest absolute Gasteiger partial charge is 0.270 e. The van der Waals surface area contributed by atoms with Gasteiger partial charge in [0.25, 0.3) is 5.91 Å². The molecule has 0 atom stereocenters. The van der Waals surface area contributed by atoms with Crippen LogP contribution in [0.5, 0.6) is 0 Å². The normalized spacial score (nSPS) is 18.2. The Hall–Kier alpha value is -1.52. The second-order valence-corrected chi connectivity index (χ2v) is 8.48. The van der Waals surface area contributed by atoms with Gasteiger partial charge in [-0.25, -0.2) is 0 Å². The predicted molar refractivity (Wildman–Crippen MR) is 118 cm³/mol. The molecule has 1 aromatic heterocycles. The number of rotatable bonds is 7. The van der Waals surface area contributed by atoms with Crippen LogP contribution in [-0.2, 0) is 0 Å². The molecule has 28 heavy (non-hydrogen) atoms. The Balaban J connectivity index is 2.10. The number of likely N-dealkylation sites (tertiary alicyclic amines) is 1. The van der Waals surface area contributed by atoms with Gasteiger partial charge >= 0.3 is 0 Å². The first kappa shape index (κ1) is 22.8. The molecule has 2 rings (SSSR count). The molecular weight excluding hydrogens is 372 g/mol. The first-order valence-corrected chi connectivity index (χ1v) is 10.9. The van der Waals surface area contributed by atoms with Crippen LogP contribution in [0.2, 0.25) is 0 Å². The van der Waals surface area contributed by atoms with Crippen molar-refractivity contribution >= 4 is 28.6 Å². The maximum absolute atomic E-state index is 13.0. The van der Waals surface area contributed by atoms with E-state index >= 15 is 0 Å². The number of allylic oxidation sites excluding steroid dienone is 2. The number of H-pyrrole nitrogens is 1. The Morgan fingerprint density at radius 3 is 2.50 bits per heavy atom. The summed E-state index contributed by atoms with van der Waals surface area (Å²) in [5, 5.41) is 13.0. The number of hydrogen-bond donors (Lipinski definition) is 2. The molecule has 1 saturated heterocycles. The van der Waals surface area contributed by atoms with Gasteiger partial charge in [-0.2, -0.15) is 0 Å². The molecular formula is C23H35ClN2O2. The van der Waals surface area contributed by atoms with Crippen LogP contribution in [0, 0.1) is 5.92 Å². The average Bonchev–Trinajstić information content (AvgIpc) is 3.12. The summed E-state index contributed by atoms with van der Waals surface area (Å²) in [5.41, 5.74) is 0.0264. The fourth-order valence-corrected chi connectivity index (χ4v) is 4.05. The molecule has 1 aliphatic heterocycles. The van der Waals surface area contributed by atoms with Crippen molar-refractivity contribution in [3.8, 4) is 0 Å². The molecule has 1 aromatic rings. The zero-order valence-electron chi connectivity index (χ0n) is 17.7. The summed E-state index contributed by atoms with van der Waals surface area (Å²) in [6.45, 7) is 9.49. The number of hydrogen-bond acceptors (Lipinski definition) is 2. The second-order valence-electron chi connectivity index (χ2n) is 7.92. The van der Waals surface area contributed by atoms with E-state index in [1.165, 1.54) is 0 Å². The molecule has 1 aliphatic rings. The number of amides is 1. The Morgan fingerprint density at radius 2 is 1.96 bits per heavy atom. The third-order valence-electron chi connectivity index (χ3n) is 5.97. The summed E-state index contributed by atoms with van der Waals surface area (Å²) in [5.74, 6) is 0.507. The molecule has 0 aromatic carbocycles.